The SMILES string of the molecule is CC1=C[C@H]2CC[C@@H](C)N2C(=O)[C@@H](NC(=O)OC(C)(C)C)C1. The van der Waals surface area contributed by atoms with Gasteiger partial charge in [0.05, 0.1) is 6.04 Å². The number of rotatable bonds is 1. The number of hydrogen-bond acceptors (Lipinski definition) is 3. The molecule has 0 aliphatic carbocycles. The molecule has 0 radical (unpaired) electrons. The molecule has 0 aromatic carbocycles. The summed E-state index contributed by atoms with van der Waals surface area (Å²) in [5.41, 5.74) is 0.581. The fourth-order valence-corrected chi connectivity index (χ4v) is 3.11. The molecular weight excluding hydrogens is 268 g/mol. The lowest BCUT2D eigenvalue weighted by Gasteiger charge is -2.29. The maximum Gasteiger partial charge on any atom is 0.408 e. The van der Waals surface area contributed by atoms with Crippen molar-refractivity contribution in [1.29, 1.82) is 0 Å². The summed E-state index contributed by atoms with van der Waals surface area (Å²) in [4.78, 5) is 26.6. The van der Waals surface area contributed by atoms with Crippen LogP contribution in [0, 0.1) is 0 Å². The van der Waals surface area contributed by atoms with Gasteiger partial charge >= 0.3 is 6.09 Å². The van der Waals surface area contributed by atoms with Crippen LogP contribution in [0.2, 0.25) is 0 Å². The first-order valence-electron chi connectivity index (χ1n) is 7.66. The molecule has 1 fully saturated rings. The maximum absolute atomic E-state index is 12.7. The molecule has 1 saturated heterocycles. The minimum atomic E-state index is -0.563. The highest BCUT2D eigenvalue weighted by atomic mass is 16.6. The lowest BCUT2D eigenvalue weighted by atomic mass is 10.1. The number of amides is 2. The van der Waals surface area contributed by atoms with E-state index in [1.807, 2.05) is 32.6 Å². The molecule has 0 aromatic rings. The number of ether oxygens (including phenoxy) is 1. The first-order chi connectivity index (χ1) is 9.67. The van der Waals surface area contributed by atoms with E-state index in [4.69, 9.17) is 4.74 Å². The van der Waals surface area contributed by atoms with Crippen LogP contribution in [0.4, 0.5) is 4.79 Å². The van der Waals surface area contributed by atoms with E-state index in [9.17, 15) is 9.59 Å². The van der Waals surface area contributed by atoms with Gasteiger partial charge in [-0.3, -0.25) is 4.79 Å². The van der Waals surface area contributed by atoms with Crippen LogP contribution >= 0.6 is 0 Å². The standard InChI is InChI=1S/C16H26N2O3/c1-10-8-12-7-6-11(2)18(12)14(19)13(9-10)17-15(20)21-16(3,4)5/h8,11-13H,6-7,9H2,1-5H3,(H,17,20)/t11-,12-,13+/m1/s1. The third-order valence-corrected chi connectivity index (χ3v) is 3.96. The normalized spacial score (nSPS) is 29.6. The molecule has 3 atom stereocenters. The Morgan fingerprint density at radius 3 is 2.67 bits per heavy atom. The van der Waals surface area contributed by atoms with Gasteiger partial charge in [0.25, 0.3) is 0 Å². The van der Waals surface area contributed by atoms with Crippen molar-refractivity contribution in [1.82, 2.24) is 10.2 Å². The van der Waals surface area contributed by atoms with Crippen LogP contribution in [-0.4, -0.2) is 40.6 Å². The first kappa shape index (κ1) is 15.9. The van der Waals surface area contributed by atoms with E-state index in [2.05, 4.69) is 18.3 Å². The summed E-state index contributed by atoms with van der Waals surface area (Å²) in [6.07, 6.45) is 4.21. The van der Waals surface area contributed by atoms with Crippen molar-refractivity contribution in [3.8, 4) is 0 Å². The summed E-state index contributed by atoms with van der Waals surface area (Å²) < 4.78 is 5.26. The third kappa shape index (κ3) is 3.77. The summed E-state index contributed by atoms with van der Waals surface area (Å²) in [6.45, 7) is 9.52. The molecule has 1 N–H and O–H groups in total. The van der Waals surface area contributed by atoms with Gasteiger partial charge in [-0.25, -0.2) is 4.79 Å². The molecule has 0 unspecified atom stereocenters. The average molecular weight is 294 g/mol. The van der Waals surface area contributed by atoms with Crippen molar-refractivity contribution in [2.75, 3.05) is 0 Å². The van der Waals surface area contributed by atoms with E-state index in [0.29, 0.717) is 6.42 Å². The van der Waals surface area contributed by atoms with Gasteiger partial charge in [-0.15, -0.1) is 0 Å². The largest absolute Gasteiger partial charge is 0.444 e. The smallest absolute Gasteiger partial charge is 0.408 e. The molecule has 0 spiro atoms. The Hall–Kier alpha value is -1.52. The quantitative estimate of drug-likeness (QED) is 0.756. The first-order valence-corrected chi connectivity index (χ1v) is 7.66. The van der Waals surface area contributed by atoms with E-state index in [0.717, 1.165) is 18.4 Å². The van der Waals surface area contributed by atoms with Crippen LogP contribution in [0.15, 0.2) is 11.6 Å². The number of nitrogens with one attached hydrogen (secondary N) is 1. The minimum absolute atomic E-state index is 0.00367. The Morgan fingerprint density at radius 1 is 1.38 bits per heavy atom. The van der Waals surface area contributed by atoms with Crippen molar-refractivity contribution < 1.29 is 14.3 Å². The zero-order valence-corrected chi connectivity index (χ0v) is 13.6. The number of carbonyl (C=O) groups is 2. The average Bonchev–Trinajstić information content (AvgIpc) is 2.60. The summed E-state index contributed by atoms with van der Waals surface area (Å²) in [5, 5.41) is 2.74. The molecule has 0 bridgehead atoms. The highest BCUT2D eigenvalue weighted by Gasteiger charge is 2.39. The number of nitrogens with zero attached hydrogens (tertiary/aromatic N) is 1. The lowest BCUT2D eigenvalue weighted by Crippen LogP contribution is -2.51. The second-order valence-electron chi connectivity index (χ2n) is 7.16. The molecule has 21 heavy (non-hydrogen) atoms. The van der Waals surface area contributed by atoms with Gasteiger partial charge in [0, 0.05) is 6.04 Å². The van der Waals surface area contributed by atoms with Crippen molar-refractivity contribution >= 4 is 12.0 Å². The van der Waals surface area contributed by atoms with Crippen molar-refractivity contribution in [3.63, 3.8) is 0 Å². The molecule has 5 nitrogen and oxygen atoms in total. The highest BCUT2D eigenvalue weighted by molar-refractivity contribution is 5.87. The van der Waals surface area contributed by atoms with Crippen LogP contribution in [0.5, 0.6) is 0 Å². The zero-order chi connectivity index (χ0) is 15.8. The summed E-state index contributed by atoms with van der Waals surface area (Å²) in [6, 6.07) is -0.118. The van der Waals surface area contributed by atoms with Crippen LogP contribution in [0.1, 0.15) is 53.9 Å². The molecule has 2 rings (SSSR count). The predicted octanol–water partition coefficient (Wildman–Crippen LogP) is 2.61. The molecule has 2 aliphatic rings. The van der Waals surface area contributed by atoms with Gasteiger partial charge < -0.3 is 15.0 Å². The van der Waals surface area contributed by atoms with Crippen LogP contribution in [0.25, 0.3) is 0 Å². The van der Waals surface area contributed by atoms with E-state index in [-0.39, 0.29) is 18.0 Å². The van der Waals surface area contributed by atoms with Crippen LogP contribution < -0.4 is 5.32 Å². The third-order valence-electron chi connectivity index (χ3n) is 3.96. The number of carbonyl (C=O) groups excluding carboxylic acids is 2. The molecule has 2 amide bonds. The molecule has 2 heterocycles. The van der Waals surface area contributed by atoms with Crippen LogP contribution in [0.3, 0.4) is 0 Å². The highest BCUT2D eigenvalue weighted by Crippen LogP contribution is 2.30. The Labute approximate surface area is 126 Å². The summed E-state index contributed by atoms with van der Waals surface area (Å²) >= 11 is 0. The van der Waals surface area contributed by atoms with Crippen molar-refractivity contribution in [2.45, 2.75) is 77.6 Å². The molecule has 0 aromatic heterocycles. The number of fused-ring (bicyclic) bond motifs is 1. The topological polar surface area (TPSA) is 58.6 Å². The second-order valence-corrected chi connectivity index (χ2v) is 7.16. The van der Waals surface area contributed by atoms with Crippen LogP contribution in [-0.2, 0) is 9.53 Å². The minimum Gasteiger partial charge on any atom is -0.444 e. The molecule has 2 aliphatic heterocycles. The van der Waals surface area contributed by atoms with Gasteiger partial charge in [-0.2, -0.15) is 0 Å². The van der Waals surface area contributed by atoms with Gasteiger partial charge in [-0.1, -0.05) is 11.6 Å². The number of alkyl carbamates (subject to hydrolysis) is 1. The van der Waals surface area contributed by atoms with Crippen molar-refractivity contribution in [3.05, 3.63) is 11.6 Å². The van der Waals surface area contributed by atoms with Gasteiger partial charge in [0.15, 0.2) is 0 Å². The molecule has 0 saturated carbocycles. The zero-order valence-electron chi connectivity index (χ0n) is 13.6. The Kier molecular flexibility index (Phi) is 4.30. The van der Waals surface area contributed by atoms with E-state index in [1.165, 1.54) is 0 Å². The molecule has 118 valence electrons. The summed E-state index contributed by atoms with van der Waals surface area (Å²) in [5.74, 6) is 0.00367. The Morgan fingerprint density at radius 2 is 2.05 bits per heavy atom. The fraction of sp³-hybridized carbons (Fsp3) is 0.750. The second kappa shape index (κ2) is 5.70. The lowest BCUT2D eigenvalue weighted by molar-refractivity contribution is -0.134. The van der Waals surface area contributed by atoms with E-state index < -0.39 is 17.7 Å². The molecular formula is C16H26N2O3. The van der Waals surface area contributed by atoms with Gasteiger partial charge in [0.2, 0.25) is 5.91 Å². The van der Waals surface area contributed by atoms with E-state index >= 15 is 0 Å². The van der Waals surface area contributed by atoms with Crippen molar-refractivity contribution in [2.24, 2.45) is 0 Å². The fourth-order valence-electron chi connectivity index (χ4n) is 3.11. The number of hydrogen-bond donors (Lipinski definition) is 1. The Bertz CT molecular complexity index is 465. The van der Waals surface area contributed by atoms with Gasteiger partial charge in [-0.05, 0) is 53.9 Å². The summed E-state index contributed by atoms with van der Waals surface area (Å²) in [7, 11) is 0. The Balaban J connectivity index is 2.11. The monoisotopic (exact) mass is 294 g/mol. The van der Waals surface area contributed by atoms with E-state index in [1.54, 1.807) is 0 Å². The maximum atomic E-state index is 12.7. The predicted molar refractivity (Wildman–Crippen MR) is 80.9 cm³/mol. The van der Waals surface area contributed by atoms with Gasteiger partial charge in [0.1, 0.15) is 11.6 Å². The molecule has 5 heteroatoms.